The van der Waals surface area contributed by atoms with E-state index in [1.54, 1.807) is 127 Å². The van der Waals surface area contributed by atoms with Gasteiger partial charge in [0.05, 0.1) is 38.9 Å². The highest BCUT2D eigenvalue weighted by atomic mass is 32.2. The van der Waals surface area contributed by atoms with Crippen LogP contribution in [0.15, 0.2) is 272 Å². The predicted octanol–water partition coefficient (Wildman–Crippen LogP) is 12.2. The number of thioether (sulfide) groups is 1. The van der Waals surface area contributed by atoms with E-state index < -0.39 is 116 Å². The van der Waals surface area contributed by atoms with Gasteiger partial charge in [0.15, 0.2) is 53.3 Å². The van der Waals surface area contributed by atoms with Crippen LogP contribution < -0.4 is 10.6 Å². The minimum absolute atomic E-state index is 0.00167. The van der Waals surface area contributed by atoms with E-state index in [0.29, 0.717) is 11.4 Å². The number of aliphatic imine (C=N–C) groups is 1. The molecule has 0 unspecified atom stereocenters. The Bertz CT molecular complexity index is 4230. The molecule has 9 aromatic carbocycles. The number of carbonyl (C=O) groups excluding carboxylic acids is 7. The minimum atomic E-state index is -2.11. The van der Waals surface area contributed by atoms with Crippen LogP contribution in [0.25, 0.3) is 0 Å². The van der Waals surface area contributed by atoms with Crippen molar-refractivity contribution in [1.29, 1.82) is 0 Å². The molecule has 2 fully saturated rings. The number of hydrogen-bond donors (Lipinski definition) is 2. The second-order valence-electron chi connectivity index (χ2n) is 22.5. The average Bonchev–Trinajstić information content (AvgIpc) is 0.762. The number of amidine groups is 1. The Morgan fingerprint density at radius 2 is 0.727 bits per heavy atom. The van der Waals surface area contributed by atoms with Crippen LogP contribution in [-0.4, -0.2) is 127 Å². The van der Waals surface area contributed by atoms with Crippen LogP contribution in [0.2, 0.25) is 0 Å². The van der Waals surface area contributed by atoms with Gasteiger partial charge >= 0.3 is 41.8 Å². The zero-order valence-electron chi connectivity index (χ0n) is 53.0. The maximum absolute atomic E-state index is 15.1. The maximum Gasteiger partial charge on any atom is 0.338 e. The molecular formula is C77H65N3O17S2. The second kappa shape index (κ2) is 34.2. The van der Waals surface area contributed by atoms with E-state index in [-0.39, 0.29) is 49.2 Å². The van der Waals surface area contributed by atoms with Gasteiger partial charge < -0.3 is 58.0 Å². The van der Waals surface area contributed by atoms with E-state index in [1.807, 2.05) is 61.5 Å². The molecule has 11 rings (SSSR count). The van der Waals surface area contributed by atoms with Crippen molar-refractivity contribution in [3.8, 4) is 0 Å². The lowest BCUT2D eigenvalue weighted by Gasteiger charge is -2.49. The summed E-state index contributed by atoms with van der Waals surface area (Å²) in [5.41, 5.74) is 2.81. The van der Waals surface area contributed by atoms with Crippen molar-refractivity contribution in [2.24, 2.45) is 4.99 Å². The van der Waals surface area contributed by atoms with E-state index in [1.165, 1.54) is 96.7 Å². The fourth-order valence-corrected chi connectivity index (χ4v) is 11.7. The van der Waals surface area contributed by atoms with E-state index in [9.17, 15) is 28.8 Å². The Morgan fingerprint density at radius 1 is 0.394 bits per heavy atom. The molecule has 22 heteroatoms. The van der Waals surface area contributed by atoms with Crippen LogP contribution in [-0.2, 0) is 53.1 Å². The molecule has 0 bridgehead atoms. The molecule has 0 spiro atoms. The van der Waals surface area contributed by atoms with Gasteiger partial charge in [0.1, 0.15) is 31.5 Å². The normalized spacial score (nSPS) is 20.3. The Kier molecular flexibility index (Phi) is 23.9. The van der Waals surface area contributed by atoms with Gasteiger partial charge in [0.2, 0.25) is 0 Å². The number of esters is 7. The Hall–Kier alpha value is -11.1. The monoisotopic (exact) mass is 1370 g/mol. The van der Waals surface area contributed by atoms with E-state index in [0.717, 1.165) is 11.1 Å². The number of nitrogens with zero attached hydrogens (tertiary/aromatic N) is 1. The van der Waals surface area contributed by atoms with Crippen LogP contribution in [0.1, 0.15) is 83.6 Å². The highest BCUT2D eigenvalue weighted by molar-refractivity contribution is 8.13. The minimum Gasteiger partial charge on any atom is -0.459 e. The lowest BCUT2D eigenvalue weighted by atomic mass is 9.95. The van der Waals surface area contributed by atoms with Crippen LogP contribution in [0, 0.1) is 6.92 Å². The molecule has 0 amide bonds. The fourth-order valence-electron chi connectivity index (χ4n) is 10.6. The van der Waals surface area contributed by atoms with Crippen LogP contribution >= 0.6 is 24.0 Å². The molecule has 0 radical (unpaired) electrons. The maximum atomic E-state index is 15.1. The second-order valence-corrected chi connectivity index (χ2v) is 23.8. The highest BCUT2D eigenvalue weighted by Gasteiger charge is 2.58. The average molecular weight is 1370 g/mol. The molecule has 0 aliphatic carbocycles. The standard InChI is InChI=1S/C77H65N3O17S2/c1-49-42-44-58(45-43-49)78-76(98)80-77(99-48-50-26-10-2-11-27-50)79-67-65(95-73(86)56-38-22-8-23-39-56)63(93-71(84)54-34-18-6-19-35-54)62(59(90-67)46-88-68(81)51-28-12-3-13-29-51)97-75-66(96-74(87)57-40-24-9-25-41-57)64(94-72(85)55-36-20-7-21-37-55)61(92-70(83)53-32-16-5-17-33-53)60(91-75)47-89-69(82)52-30-14-4-15-31-52/h2-45,59-67,75H,46-48H2,1H3,(H2,78,79,80,98)/t59-,60-,61+,62-,63+,64+,65-,66-,67-,75+/m1/s1. The van der Waals surface area contributed by atoms with Crippen molar-refractivity contribution in [2.45, 2.75) is 74.0 Å². The third-order valence-corrected chi connectivity index (χ3v) is 16.7. The largest absolute Gasteiger partial charge is 0.459 e. The zero-order chi connectivity index (χ0) is 68.9. The molecular weight excluding hydrogens is 1300 g/mol. The fraction of sp³-hybridized carbons (Fsp3) is 0.182. The molecule has 2 aliphatic heterocycles. The summed E-state index contributed by atoms with van der Waals surface area (Å²) in [5.74, 6) is -6.36. The summed E-state index contributed by atoms with van der Waals surface area (Å²) in [7, 11) is 0. The first-order valence-electron chi connectivity index (χ1n) is 31.4. The Morgan fingerprint density at radius 3 is 1.13 bits per heavy atom. The van der Waals surface area contributed by atoms with Crippen LogP contribution in [0.5, 0.6) is 0 Å². The molecule has 0 saturated carbocycles. The quantitative estimate of drug-likeness (QED) is 0.0210. The number of aryl methyl sites for hydroxylation is 1. The van der Waals surface area contributed by atoms with Crippen molar-refractivity contribution < 1.29 is 80.9 Å². The molecule has 502 valence electrons. The number of carbonyl (C=O) groups is 7. The number of nitrogens with one attached hydrogen (secondary N) is 2. The van der Waals surface area contributed by atoms with Crippen molar-refractivity contribution in [3.63, 3.8) is 0 Å². The highest BCUT2D eigenvalue weighted by Crippen LogP contribution is 2.37. The van der Waals surface area contributed by atoms with Crippen LogP contribution in [0.3, 0.4) is 0 Å². The third kappa shape index (κ3) is 18.9. The van der Waals surface area contributed by atoms with Crippen molar-refractivity contribution in [3.05, 3.63) is 317 Å². The molecule has 9 aromatic rings. The summed E-state index contributed by atoms with van der Waals surface area (Å²) in [6.07, 6.45) is -18.6. The lowest BCUT2D eigenvalue weighted by Crippen LogP contribution is -2.69. The first kappa shape index (κ1) is 69.2. The summed E-state index contributed by atoms with van der Waals surface area (Å²) < 4.78 is 65.7. The number of ether oxygens (including phenoxy) is 10. The van der Waals surface area contributed by atoms with E-state index in [2.05, 4.69) is 10.6 Å². The number of thiocarbonyl (C=S) groups is 1. The number of rotatable bonds is 22. The van der Waals surface area contributed by atoms with Gasteiger partial charge in [-0.2, -0.15) is 4.99 Å². The van der Waals surface area contributed by atoms with Crippen molar-refractivity contribution >= 4 is 81.7 Å². The topological polar surface area (TPSA) is 248 Å². The van der Waals surface area contributed by atoms with Gasteiger partial charge in [-0.3, -0.25) is 0 Å². The summed E-state index contributed by atoms with van der Waals surface area (Å²) >= 11 is 7.07. The first-order valence-corrected chi connectivity index (χ1v) is 32.8. The molecule has 2 saturated heterocycles. The van der Waals surface area contributed by atoms with Crippen LogP contribution in [0.4, 0.5) is 5.69 Å². The number of anilines is 1. The summed E-state index contributed by atoms with van der Waals surface area (Å²) in [4.78, 5) is 107. The predicted molar refractivity (Wildman–Crippen MR) is 370 cm³/mol. The molecule has 2 aliphatic rings. The Balaban J connectivity index is 1.08. The van der Waals surface area contributed by atoms with E-state index in [4.69, 9.17) is 64.6 Å². The molecule has 0 aromatic heterocycles. The number of hydrogen-bond acceptors (Lipinski definition) is 19. The zero-order valence-corrected chi connectivity index (χ0v) is 54.6. The molecule has 20 nitrogen and oxygen atoms in total. The smallest absolute Gasteiger partial charge is 0.338 e. The van der Waals surface area contributed by atoms with Gasteiger partial charge in [0, 0.05) is 11.4 Å². The first-order chi connectivity index (χ1) is 48.3. The SMILES string of the molecule is Cc1ccc(NC(=S)/N=C(/N[C@@H]2O[C@H](COC(=O)c3ccccc3)[C@@H](O[C@@H]3O[C@H](COC(=O)c4ccccc4)[C@H](OC(=O)c4ccccc4)[C@H](OC(=O)c4ccccc4)[C@H]3OC(=O)c3ccccc3)[C@H](OC(=O)c3ccccc3)[C@H]2OC(=O)c2ccccc2)SCc2ccccc2)cc1. The van der Waals surface area contributed by atoms with Crippen molar-refractivity contribution in [2.75, 3.05) is 18.5 Å². The Labute approximate surface area is 579 Å². The van der Waals surface area contributed by atoms with Gasteiger partial charge in [-0.05, 0) is 122 Å². The van der Waals surface area contributed by atoms with Crippen molar-refractivity contribution in [1.82, 2.24) is 5.32 Å². The van der Waals surface area contributed by atoms with Gasteiger partial charge in [0.25, 0.3) is 0 Å². The summed E-state index contributed by atoms with van der Waals surface area (Å²) in [5, 5.41) is 6.53. The third-order valence-electron chi connectivity index (χ3n) is 15.5. The number of benzene rings is 9. The lowest BCUT2D eigenvalue weighted by molar-refractivity contribution is -0.339. The summed E-state index contributed by atoms with van der Waals surface area (Å²) in [6.45, 7) is 0.434. The van der Waals surface area contributed by atoms with Gasteiger partial charge in [-0.15, -0.1) is 0 Å². The summed E-state index contributed by atoms with van der Waals surface area (Å²) in [6, 6.07) is 71.9. The van der Waals surface area contributed by atoms with Gasteiger partial charge in [-0.25, -0.2) is 33.6 Å². The van der Waals surface area contributed by atoms with Gasteiger partial charge in [-0.1, -0.05) is 187 Å². The molecule has 10 atom stereocenters. The molecule has 2 N–H and O–H groups in total. The van der Waals surface area contributed by atoms with E-state index >= 15 is 4.79 Å². The molecule has 2 heterocycles. The molecule has 99 heavy (non-hydrogen) atoms.